The molecular formula is C19H20N2O4. The second-order valence-electron chi connectivity index (χ2n) is 6.21. The van der Waals surface area contributed by atoms with Crippen LogP contribution in [0.25, 0.3) is 10.8 Å². The number of carboxylic acid groups (broad SMARTS) is 1. The van der Waals surface area contributed by atoms with Gasteiger partial charge in [-0.05, 0) is 17.9 Å². The van der Waals surface area contributed by atoms with Gasteiger partial charge in [-0.25, -0.2) is 4.79 Å². The number of rotatable bonds is 5. The van der Waals surface area contributed by atoms with E-state index in [9.17, 15) is 14.4 Å². The zero-order valence-electron chi connectivity index (χ0n) is 13.9. The third kappa shape index (κ3) is 3.33. The van der Waals surface area contributed by atoms with Gasteiger partial charge in [-0.15, -0.1) is 0 Å². The minimum Gasteiger partial charge on any atom is -0.480 e. The Kier molecular flexibility index (Phi) is 4.70. The Morgan fingerprint density at radius 2 is 1.96 bits per heavy atom. The van der Waals surface area contributed by atoms with Gasteiger partial charge in [0.2, 0.25) is 11.8 Å². The Morgan fingerprint density at radius 3 is 2.68 bits per heavy atom. The predicted molar refractivity (Wildman–Crippen MR) is 94.3 cm³/mol. The first kappa shape index (κ1) is 17.0. The minimum atomic E-state index is -1.06. The average Bonchev–Trinajstić information content (AvgIpc) is 3.00. The van der Waals surface area contributed by atoms with Crippen LogP contribution in [-0.2, 0) is 14.4 Å². The van der Waals surface area contributed by atoms with Crippen molar-refractivity contribution in [1.29, 1.82) is 0 Å². The smallest absolute Gasteiger partial charge is 0.326 e. The molecule has 1 heterocycles. The lowest BCUT2D eigenvalue weighted by Crippen LogP contribution is -2.43. The molecule has 0 aliphatic carbocycles. The van der Waals surface area contributed by atoms with Crippen molar-refractivity contribution in [2.24, 2.45) is 5.92 Å². The molecule has 0 saturated carbocycles. The fraction of sp³-hybridized carbons (Fsp3) is 0.316. The van der Waals surface area contributed by atoms with Gasteiger partial charge in [-0.3, -0.25) is 9.59 Å². The number of carbonyl (C=O) groups excluding carboxylic acids is 2. The molecule has 6 nitrogen and oxygen atoms in total. The van der Waals surface area contributed by atoms with Gasteiger partial charge in [0.05, 0.1) is 11.6 Å². The Hall–Kier alpha value is -2.89. The van der Waals surface area contributed by atoms with Crippen molar-refractivity contribution in [3.05, 3.63) is 42.5 Å². The molecule has 3 rings (SSSR count). The van der Waals surface area contributed by atoms with Crippen LogP contribution in [0, 0.1) is 5.92 Å². The van der Waals surface area contributed by atoms with Crippen LogP contribution in [0.2, 0.25) is 0 Å². The van der Waals surface area contributed by atoms with Gasteiger partial charge in [0.1, 0.15) is 6.04 Å². The van der Waals surface area contributed by atoms with Gasteiger partial charge < -0.3 is 15.3 Å². The quantitative estimate of drug-likeness (QED) is 0.873. The summed E-state index contributed by atoms with van der Waals surface area (Å²) in [6.07, 6.45) is 0.389. The maximum absolute atomic E-state index is 12.5. The molecule has 0 bridgehead atoms. The lowest BCUT2D eigenvalue weighted by Gasteiger charge is -2.19. The summed E-state index contributed by atoms with van der Waals surface area (Å²) in [5.74, 6) is -2.11. The van der Waals surface area contributed by atoms with Crippen LogP contribution in [0.5, 0.6) is 0 Å². The van der Waals surface area contributed by atoms with E-state index in [0.717, 1.165) is 16.5 Å². The highest BCUT2D eigenvalue weighted by atomic mass is 16.4. The van der Waals surface area contributed by atoms with E-state index >= 15 is 0 Å². The molecule has 2 unspecified atom stereocenters. The fourth-order valence-corrected chi connectivity index (χ4v) is 3.19. The van der Waals surface area contributed by atoms with Crippen LogP contribution in [0.4, 0.5) is 5.69 Å². The van der Waals surface area contributed by atoms with E-state index in [2.05, 4.69) is 5.32 Å². The molecule has 2 atom stereocenters. The Labute approximate surface area is 145 Å². The Bertz CT molecular complexity index is 828. The van der Waals surface area contributed by atoms with Crippen LogP contribution in [0.3, 0.4) is 0 Å². The molecule has 1 fully saturated rings. The summed E-state index contributed by atoms with van der Waals surface area (Å²) in [5.41, 5.74) is 0.781. The normalized spacial score (nSPS) is 18.4. The zero-order valence-corrected chi connectivity index (χ0v) is 13.9. The Balaban J connectivity index is 1.80. The molecule has 2 amide bonds. The number of hydrogen-bond donors (Lipinski definition) is 2. The van der Waals surface area contributed by atoms with E-state index in [1.165, 1.54) is 0 Å². The summed E-state index contributed by atoms with van der Waals surface area (Å²) in [6.45, 7) is 1.95. The average molecular weight is 340 g/mol. The van der Waals surface area contributed by atoms with Crippen molar-refractivity contribution in [1.82, 2.24) is 5.32 Å². The third-order valence-electron chi connectivity index (χ3n) is 4.58. The maximum atomic E-state index is 12.5. The molecular weight excluding hydrogens is 320 g/mol. The molecule has 0 aromatic heterocycles. The molecule has 25 heavy (non-hydrogen) atoms. The van der Waals surface area contributed by atoms with Crippen molar-refractivity contribution in [3.63, 3.8) is 0 Å². The molecule has 1 aliphatic rings. The van der Waals surface area contributed by atoms with E-state index in [1.54, 1.807) is 11.8 Å². The van der Waals surface area contributed by atoms with Gasteiger partial charge in [-0.2, -0.15) is 0 Å². The summed E-state index contributed by atoms with van der Waals surface area (Å²) in [4.78, 5) is 37.5. The second kappa shape index (κ2) is 6.93. The largest absolute Gasteiger partial charge is 0.480 e. The molecule has 0 radical (unpaired) electrons. The number of benzene rings is 2. The number of nitrogens with zero attached hydrogens (tertiary/aromatic N) is 1. The lowest BCUT2D eigenvalue weighted by molar-refractivity contribution is -0.142. The SMILES string of the molecule is CCC(NC(=O)C1CC(=O)N(c2cccc3ccccc23)C1)C(=O)O. The minimum absolute atomic E-state index is 0.0884. The van der Waals surface area contributed by atoms with E-state index < -0.39 is 17.9 Å². The van der Waals surface area contributed by atoms with Gasteiger partial charge >= 0.3 is 5.97 Å². The molecule has 6 heteroatoms. The van der Waals surface area contributed by atoms with Gasteiger partial charge in [0.25, 0.3) is 0 Å². The first-order chi connectivity index (χ1) is 12.0. The molecule has 2 aromatic carbocycles. The number of aliphatic carboxylic acids is 1. The summed E-state index contributed by atoms with van der Waals surface area (Å²) in [7, 11) is 0. The van der Waals surface area contributed by atoms with Crippen LogP contribution in [0.1, 0.15) is 19.8 Å². The molecule has 1 aliphatic heterocycles. The summed E-state index contributed by atoms with van der Waals surface area (Å²) in [6, 6.07) is 12.6. The van der Waals surface area contributed by atoms with E-state index in [4.69, 9.17) is 5.11 Å². The van der Waals surface area contributed by atoms with Crippen molar-refractivity contribution in [3.8, 4) is 0 Å². The zero-order chi connectivity index (χ0) is 18.0. The van der Waals surface area contributed by atoms with Crippen molar-refractivity contribution in [2.75, 3.05) is 11.4 Å². The number of hydrogen-bond acceptors (Lipinski definition) is 3. The molecule has 130 valence electrons. The van der Waals surface area contributed by atoms with Crippen molar-refractivity contribution < 1.29 is 19.5 Å². The number of carboxylic acids is 1. The number of amides is 2. The Morgan fingerprint density at radius 1 is 1.24 bits per heavy atom. The van der Waals surface area contributed by atoms with E-state index in [-0.39, 0.29) is 24.8 Å². The monoisotopic (exact) mass is 340 g/mol. The maximum Gasteiger partial charge on any atom is 0.326 e. The van der Waals surface area contributed by atoms with Crippen LogP contribution in [-0.4, -0.2) is 35.5 Å². The number of anilines is 1. The topological polar surface area (TPSA) is 86.7 Å². The van der Waals surface area contributed by atoms with E-state index in [0.29, 0.717) is 6.42 Å². The van der Waals surface area contributed by atoms with Gasteiger partial charge in [0, 0.05) is 18.4 Å². The molecule has 1 saturated heterocycles. The molecule has 2 aromatic rings. The lowest BCUT2D eigenvalue weighted by atomic mass is 10.1. The summed E-state index contributed by atoms with van der Waals surface area (Å²) >= 11 is 0. The molecule has 0 spiro atoms. The highest BCUT2D eigenvalue weighted by molar-refractivity contribution is 6.07. The fourth-order valence-electron chi connectivity index (χ4n) is 3.19. The van der Waals surface area contributed by atoms with E-state index in [1.807, 2.05) is 42.5 Å². The standard InChI is InChI=1S/C19H20N2O4/c1-2-15(19(24)25)20-18(23)13-10-17(22)21(11-13)16-9-5-7-12-6-3-4-8-14(12)16/h3-9,13,15H,2,10-11H2,1H3,(H,20,23)(H,24,25). The van der Waals surface area contributed by atoms with Gasteiger partial charge in [-0.1, -0.05) is 43.3 Å². The third-order valence-corrected chi connectivity index (χ3v) is 4.58. The number of nitrogens with one attached hydrogen (secondary N) is 1. The second-order valence-corrected chi connectivity index (χ2v) is 6.21. The van der Waals surface area contributed by atoms with Crippen LogP contribution >= 0.6 is 0 Å². The van der Waals surface area contributed by atoms with Crippen LogP contribution in [0.15, 0.2) is 42.5 Å². The van der Waals surface area contributed by atoms with Crippen molar-refractivity contribution >= 4 is 34.2 Å². The summed E-state index contributed by atoms with van der Waals surface area (Å²) in [5, 5.41) is 13.6. The first-order valence-electron chi connectivity index (χ1n) is 8.32. The first-order valence-corrected chi connectivity index (χ1v) is 8.32. The highest BCUT2D eigenvalue weighted by Crippen LogP contribution is 2.31. The summed E-state index contributed by atoms with van der Waals surface area (Å²) < 4.78 is 0. The number of carbonyl (C=O) groups is 3. The predicted octanol–water partition coefficient (Wildman–Crippen LogP) is 2.17. The van der Waals surface area contributed by atoms with Gasteiger partial charge in [0.15, 0.2) is 0 Å². The molecule has 2 N–H and O–H groups in total. The van der Waals surface area contributed by atoms with Crippen molar-refractivity contribution in [2.45, 2.75) is 25.8 Å². The highest BCUT2D eigenvalue weighted by Gasteiger charge is 2.36. The number of fused-ring (bicyclic) bond motifs is 1. The van der Waals surface area contributed by atoms with Crippen LogP contribution < -0.4 is 10.2 Å².